The van der Waals surface area contributed by atoms with E-state index in [1.807, 2.05) is 77.4 Å². The second kappa shape index (κ2) is 14.4. The number of hydrogen-bond acceptors (Lipinski definition) is 1. The normalized spacial score (nSPS) is 13.7. The number of fused-ring (bicyclic) bond motifs is 3. The van der Waals surface area contributed by atoms with Crippen molar-refractivity contribution in [3.8, 4) is 50.2 Å². The van der Waals surface area contributed by atoms with Crippen molar-refractivity contribution < 1.29 is 13.7 Å². The maximum absolute atomic E-state index is 8.93. The van der Waals surface area contributed by atoms with E-state index in [2.05, 4.69) is 83.8 Å². The Kier molecular flexibility index (Phi) is 6.21. The van der Waals surface area contributed by atoms with Gasteiger partial charge in [0, 0.05) is 33.5 Å². The van der Waals surface area contributed by atoms with Crippen LogP contribution < -0.4 is 4.90 Å². The zero-order valence-electron chi connectivity index (χ0n) is 40.1. The van der Waals surface area contributed by atoms with E-state index in [4.69, 9.17) is 13.7 Å². The number of rotatable bonds is 8. The van der Waals surface area contributed by atoms with E-state index in [0.717, 1.165) is 61.1 Å². The van der Waals surface area contributed by atoms with Crippen LogP contribution in [0.15, 0.2) is 230 Å². The highest BCUT2D eigenvalue weighted by Crippen LogP contribution is 2.41. The highest BCUT2D eigenvalue weighted by Gasteiger charge is 2.18. The van der Waals surface area contributed by atoms with Crippen molar-refractivity contribution in [3.05, 3.63) is 230 Å². The molecule has 0 aliphatic rings. The lowest BCUT2D eigenvalue weighted by Crippen LogP contribution is -2.09. The Hall–Kier alpha value is -7.42. The maximum Gasteiger partial charge on any atom is 0.0629 e. The number of nitrogens with zero attached hydrogens (tertiary/aromatic N) is 2. The van der Waals surface area contributed by atoms with Gasteiger partial charge in [-0.05, 0) is 111 Å². The Bertz CT molecular complexity index is 3370. The molecule has 0 radical (unpaired) electrons. The predicted molar refractivity (Wildman–Crippen MR) is 237 cm³/mol. The number of aromatic nitrogens is 1. The summed E-state index contributed by atoms with van der Waals surface area (Å²) in [6.45, 7) is 0. The molecule has 0 aliphatic heterocycles. The molecule has 0 spiro atoms. The van der Waals surface area contributed by atoms with E-state index in [-0.39, 0.29) is 22.3 Å². The molecule has 0 unspecified atom stereocenters. The van der Waals surface area contributed by atoms with Crippen molar-refractivity contribution in [3.63, 3.8) is 0 Å². The predicted octanol–water partition coefficient (Wildman–Crippen LogP) is 14.9. The lowest BCUT2D eigenvalue weighted by molar-refractivity contribution is 1.18. The van der Waals surface area contributed by atoms with E-state index >= 15 is 0 Å². The third kappa shape index (κ3) is 6.14. The van der Waals surface area contributed by atoms with Gasteiger partial charge in [-0.2, -0.15) is 0 Å². The molecule has 0 saturated heterocycles. The van der Waals surface area contributed by atoms with Crippen molar-refractivity contribution in [1.29, 1.82) is 0 Å². The van der Waals surface area contributed by atoms with Gasteiger partial charge in [-0.15, -0.1) is 0 Å². The lowest BCUT2D eigenvalue weighted by Gasteiger charge is -2.26. The number of benzene rings is 9. The standard InChI is InChI=1S/C54H38N2/c1-5-18-39(19-6-1)43-34-44(40-20-7-2-8-21-40)37-48(36-43)56-53-31-16-15-30-51(53)52-33-32-42(38-54(52)56)50-29-14-13-28-49(50)41-22-17-27-47(35-41)55(45-23-9-3-10-24-45)46-25-11-4-12-26-46/h1-38H/i1D,2D,5D,6D,7D,8D,18D,19D,20D,21D. The Morgan fingerprint density at radius 3 is 1.48 bits per heavy atom. The molecule has 0 aliphatic carbocycles. The number of hydrogen-bond donors (Lipinski definition) is 0. The molecule has 2 nitrogen and oxygen atoms in total. The maximum atomic E-state index is 8.93. The van der Waals surface area contributed by atoms with Crippen LogP contribution in [-0.4, -0.2) is 4.57 Å². The largest absolute Gasteiger partial charge is 0.310 e. The quantitative estimate of drug-likeness (QED) is 0.151. The first-order chi connectivity index (χ1) is 31.9. The molecule has 9 aromatic carbocycles. The van der Waals surface area contributed by atoms with Gasteiger partial charge in [0.15, 0.2) is 0 Å². The molecule has 264 valence electrons. The SMILES string of the molecule is [2H]c1c([2H])c([2H])c(-c2cc(-c3c([2H])c([2H])c([2H])c([2H])c3[2H])cc(-n3c4ccccc4c4ccc(-c5ccccc5-c5cccc(N(c6ccccc6)c6ccccc6)c5)cc43)c2)c([2H])c1[2H]. The first kappa shape index (κ1) is 24.1. The highest BCUT2D eigenvalue weighted by atomic mass is 15.1. The van der Waals surface area contributed by atoms with Crippen LogP contribution in [0.2, 0.25) is 0 Å². The molecule has 1 aromatic heterocycles. The Balaban J connectivity index is 1.20. The summed E-state index contributed by atoms with van der Waals surface area (Å²) in [5, 5.41) is 1.85. The molecule has 10 rings (SSSR count). The van der Waals surface area contributed by atoms with Crippen LogP contribution in [0.25, 0.3) is 72.0 Å². The average Bonchev–Trinajstić information content (AvgIpc) is 3.68. The summed E-state index contributed by atoms with van der Waals surface area (Å²) in [6.07, 6.45) is 0. The van der Waals surface area contributed by atoms with E-state index in [1.165, 1.54) is 6.07 Å². The zero-order chi connectivity index (χ0) is 46.0. The average molecular weight is 725 g/mol. The van der Waals surface area contributed by atoms with Crippen molar-refractivity contribution in [2.75, 3.05) is 4.90 Å². The van der Waals surface area contributed by atoms with Gasteiger partial charge < -0.3 is 9.47 Å². The van der Waals surface area contributed by atoms with Crippen LogP contribution >= 0.6 is 0 Å². The fraction of sp³-hybridized carbons (Fsp3) is 0. The van der Waals surface area contributed by atoms with Crippen LogP contribution in [0.5, 0.6) is 0 Å². The van der Waals surface area contributed by atoms with Crippen LogP contribution in [0.3, 0.4) is 0 Å². The van der Waals surface area contributed by atoms with E-state index in [9.17, 15) is 0 Å². The third-order valence-electron chi connectivity index (χ3n) is 10.1. The summed E-state index contributed by atoms with van der Waals surface area (Å²) in [4.78, 5) is 2.23. The van der Waals surface area contributed by atoms with Gasteiger partial charge in [0.25, 0.3) is 0 Å². The fourth-order valence-electron chi connectivity index (χ4n) is 7.63. The molecule has 0 N–H and O–H groups in total. The minimum atomic E-state index is -0.539. The summed E-state index contributed by atoms with van der Waals surface area (Å²) in [5.41, 5.74) is 9.34. The van der Waals surface area contributed by atoms with E-state index in [1.54, 1.807) is 12.1 Å². The molecule has 0 fully saturated rings. The van der Waals surface area contributed by atoms with Crippen molar-refractivity contribution >= 4 is 38.9 Å². The third-order valence-corrected chi connectivity index (χ3v) is 10.1. The van der Waals surface area contributed by atoms with Gasteiger partial charge in [0.2, 0.25) is 0 Å². The second-order valence-corrected chi connectivity index (χ2v) is 13.5. The monoisotopic (exact) mass is 724 g/mol. The fourth-order valence-corrected chi connectivity index (χ4v) is 7.63. The molecule has 1 heterocycles. The first-order valence-electron chi connectivity index (χ1n) is 23.4. The minimum Gasteiger partial charge on any atom is -0.310 e. The first-order valence-corrected chi connectivity index (χ1v) is 18.4. The van der Waals surface area contributed by atoms with Crippen LogP contribution in [0.4, 0.5) is 17.1 Å². The number of para-hydroxylation sites is 3. The summed E-state index contributed by atoms with van der Waals surface area (Å²) < 4.78 is 88.4. The van der Waals surface area contributed by atoms with Crippen LogP contribution in [0, 0.1) is 0 Å². The molecular weight excluding hydrogens is 677 g/mol. The van der Waals surface area contributed by atoms with E-state index < -0.39 is 60.4 Å². The summed E-state index contributed by atoms with van der Waals surface area (Å²) in [5.74, 6) is 0. The van der Waals surface area contributed by atoms with E-state index in [0.29, 0.717) is 5.69 Å². The topological polar surface area (TPSA) is 8.17 Å². The molecule has 0 atom stereocenters. The molecule has 2 heteroatoms. The molecular formula is C54H38N2. The van der Waals surface area contributed by atoms with Gasteiger partial charge in [0.05, 0.1) is 24.7 Å². The van der Waals surface area contributed by atoms with Crippen LogP contribution in [-0.2, 0) is 0 Å². The summed E-state index contributed by atoms with van der Waals surface area (Å²) in [7, 11) is 0. The molecule has 56 heavy (non-hydrogen) atoms. The zero-order valence-corrected chi connectivity index (χ0v) is 30.1. The molecule has 0 bridgehead atoms. The van der Waals surface area contributed by atoms with Crippen LogP contribution in [0.1, 0.15) is 13.7 Å². The van der Waals surface area contributed by atoms with Gasteiger partial charge in [0.1, 0.15) is 0 Å². The lowest BCUT2D eigenvalue weighted by atomic mass is 9.93. The van der Waals surface area contributed by atoms with Crippen molar-refractivity contribution in [1.82, 2.24) is 4.57 Å². The Morgan fingerprint density at radius 2 is 0.857 bits per heavy atom. The van der Waals surface area contributed by atoms with Gasteiger partial charge in [-0.3, -0.25) is 0 Å². The van der Waals surface area contributed by atoms with Crippen molar-refractivity contribution in [2.24, 2.45) is 0 Å². The summed E-state index contributed by atoms with van der Waals surface area (Å²) >= 11 is 0. The van der Waals surface area contributed by atoms with Gasteiger partial charge >= 0.3 is 0 Å². The minimum absolute atomic E-state index is 0.0767. The Morgan fingerprint density at radius 1 is 0.339 bits per heavy atom. The van der Waals surface area contributed by atoms with Gasteiger partial charge in [-0.25, -0.2) is 0 Å². The summed E-state index contributed by atoms with van der Waals surface area (Å²) in [6, 6.07) is 51.5. The molecule has 0 saturated carbocycles. The number of anilines is 3. The molecule has 10 aromatic rings. The Labute approximate surface area is 341 Å². The second-order valence-electron chi connectivity index (χ2n) is 13.5. The van der Waals surface area contributed by atoms with Gasteiger partial charge in [-0.1, -0.05) is 164 Å². The van der Waals surface area contributed by atoms with Crippen molar-refractivity contribution in [2.45, 2.75) is 0 Å². The highest BCUT2D eigenvalue weighted by molar-refractivity contribution is 6.10. The molecule has 0 amide bonds. The smallest absolute Gasteiger partial charge is 0.0629 e.